The second-order valence-corrected chi connectivity index (χ2v) is 11.0. The molecule has 0 saturated heterocycles. The summed E-state index contributed by atoms with van der Waals surface area (Å²) < 4.78 is 3.17. The summed E-state index contributed by atoms with van der Waals surface area (Å²) in [4.78, 5) is 53.3. The summed E-state index contributed by atoms with van der Waals surface area (Å²) in [6, 6.07) is 20.3. The molecule has 2 aromatic carbocycles. The van der Waals surface area contributed by atoms with Crippen LogP contribution in [0.4, 0.5) is 11.4 Å². The van der Waals surface area contributed by atoms with Gasteiger partial charge in [0.05, 0.1) is 21.8 Å². The summed E-state index contributed by atoms with van der Waals surface area (Å²) in [5.41, 5.74) is 4.74. The first kappa shape index (κ1) is 33.7. The fraction of sp³-hybridized carbons (Fsp3) is 0.143. The zero-order valence-electron chi connectivity index (χ0n) is 27.1. The van der Waals surface area contributed by atoms with Crippen molar-refractivity contribution in [2.45, 2.75) is 0 Å². The molecule has 0 aliphatic heterocycles. The molecule has 5 aromatic rings. The van der Waals surface area contributed by atoms with Crippen LogP contribution >= 0.6 is 0 Å². The molecular weight excluding hydrogens is 626 g/mol. The Labute approximate surface area is 281 Å². The van der Waals surface area contributed by atoms with Crippen LogP contribution in [0.25, 0.3) is 23.1 Å². The van der Waals surface area contributed by atoms with E-state index in [1.165, 1.54) is 6.07 Å². The van der Waals surface area contributed by atoms with E-state index >= 15 is 0 Å². The SMILES string of the molecule is CN/C(=C\[N+](=O)[O-])NCCNC(=O)c1cc(NC(=O)c2cc(NC(=O)c3ccc(/C=C/c4cnc5ccccc5c4)cc3)cn2C)cn1C. The number of carbonyl (C=O) groups excluding carboxylic acids is 3. The molecule has 0 saturated carbocycles. The molecule has 0 spiro atoms. The normalized spacial score (nSPS) is 11.4. The highest BCUT2D eigenvalue weighted by Crippen LogP contribution is 2.19. The van der Waals surface area contributed by atoms with Gasteiger partial charge in [0, 0.05) is 63.8 Å². The summed E-state index contributed by atoms with van der Waals surface area (Å²) in [5.74, 6) is -0.930. The van der Waals surface area contributed by atoms with Crippen LogP contribution in [0.5, 0.6) is 0 Å². The highest BCUT2D eigenvalue weighted by molar-refractivity contribution is 6.07. The second-order valence-electron chi connectivity index (χ2n) is 11.0. The number of nitrogens with one attached hydrogen (secondary N) is 5. The molecule has 0 fully saturated rings. The number of hydrogen-bond donors (Lipinski definition) is 5. The lowest BCUT2D eigenvalue weighted by atomic mass is 10.1. The second kappa shape index (κ2) is 15.3. The van der Waals surface area contributed by atoms with Crippen LogP contribution < -0.4 is 26.6 Å². The number of carbonyl (C=O) groups is 3. The van der Waals surface area contributed by atoms with Crippen molar-refractivity contribution in [2.75, 3.05) is 30.8 Å². The zero-order valence-corrected chi connectivity index (χ0v) is 27.1. The van der Waals surface area contributed by atoms with Crippen molar-refractivity contribution >= 4 is 52.2 Å². The van der Waals surface area contributed by atoms with Gasteiger partial charge in [-0.2, -0.15) is 0 Å². The van der Waals surface area contributed by atoms with Crippen LogP contribution in [-0.2, 0) is 14.1 Å². The van der Waals surface area contributed by atoms with Crippen LogP contribution in [0.2, 0.25) is 0 Å². The maximum absolute atomic E-state index is 13.1. The van der Waals surface area contributed by atoms with E-state index in [0.29, 0.717) is 28.3 Å². The predicted molar refractivity (Wildman–Crippen MR) is 188 cm³/mol. The predicted octanol–water partition coefficient (Wildman–Crippen LogP) is 4.20. The van der Waals surface area contributed by atoms with Crippen molar-refractivity contribution in [3.05, 3.63) is 136 Å². The van der Waals surface area contributed by atoms with E-state index < -0.39 is 10.8 Å². The minimum Gasteiger partial charge on any atom is -0.370 e. The summed E-state index contributed by atoms with van der Waals surface area (Å²) in [5, 5.41) is 25.5. The molecule has 0 radical (unpaired) electrons. The summed E-state index contributed by atoms with van der Waals surface area (Å²) in [6.07, 6.45) is 9.78. The Morgan fingerprint density at radius 3 is 2.08 bits per heavy atom. The fourth-order valence-corrected chi connectivity index (χ4v) is 5.00. The Balaban J connectivity index is 1.14. The van der Waals surface area contributed by atoms with Gasteiger partial charge in [0.15, 0.2) is 5.82 Å². The standard InChI is InChI=1S/C35H35N9O5/c1-36-32(22-44(48)49)37-14-15-38-34(46)30-17-28(21-42(30)2)41-35(47)31-18-27(20-43(31)3)40-33(45)25-12-10-23(11-13-25)8-9-24-16-26-6-4-5-7-29(26)39-19-24/h4-13,16-22,36-37H,14-15H2,1-3H3,(H,38,46)(H,40,45)(H,41,47)/b9-8+,32-22+. The van der Waals surface area contributed by atoms with E-state index in [1.54, 1.807) is 60.9 Å². The number of anilines is 2. The molecule has 5 rings (SSSR count). The number of fused-ring (bicyclic) bond motifs is 1. The third-order valence-corrected chi connectivity index (χ3v) is 7.47. The molecule has 3 amide bonds. The fourth-order valence-electron chi connectivity index (χ4n) is 5.00. The van der Waals surface area contributed by atoms with E-state index in [0.717, 1.165) is 28.2 Å². The first-order valence-electron chi connectivity index (χ1n) is 15.2. The minimum absolute atomic E-state index is 0.200. The zero-order chi connectivity index (χ0) is 34.9. The smallest absolute Gasteiger partial charge is 0.274 e. The van der Waals surface area contributed by atoms with Gasteiger partial charge in [0.25, 0.3) is 23.9 Å². The molecule has 3 heterocycles. The molecule has 0 bridgehead atoms. The summed E-state index contributed by atoms with van der Waals surface area (Å²) in [6.45, 7) is 0.450. The van der Waals surface area contributed by atoms with Crippen LogP contribution in [0.1, 0.15) is 42.5 Å². The number of hydrogen-bond acceptors (Lipinski definition) is 8. The van der Waals surface area contributed by atoms with Crippen molar-refractivity contribution in [3.8, 4) is 0 Å². The number of aryl methyl sites for hydroxylation is 2. The highest BCUT2D eigenvalue weighted by atomic mass is 16.6. The van der Waals surface area contributed by atoms with Crippen LogP contribution in [0.3, 0.4) is 0 Å². The van der Waals surface area contributed by atoms with Gasteiger partial charge in [0.2, 0.25) is 0 Å². The quantitative estimate of drug-likeness (QED) is 0.0708. The lowest BCUT2D eigenvalue weighted by molar-refractivity contribution is -0.404. The minimum atomic E-state index is -0.588. The van der Waals surface area contributed by atoms with Gasteiger partial charge < -0.3 is 35.7 Å². The Bertz CT molecular complexity index is 2080. The summed E-state index contributed by atoms with van der Waals surface area (Å²) >= 11 is 0. The first-order chi connectivity index (χ1) is 23.6. The van der Waals surface area contributed by atoms with Crippen molar-refractivity contribution in [3.63, 3.8) is 0 Å². The molecule has 14 nitrogen and oxygen atoms in total. The van der Waals surface area contributed by atoms with Crippen LogP contribution in [0, 0.1) is 10.1 Å². The molecule has 0 unspecified atom stereocenters. The highest BCUT2D eigenvalue weighted by Gasteiger charge is 2.17. The number of nitro groups is 1. The molecule has 0 aliphatic rings. The van der Waals surface area contributed by atoms with Gasteiger partial charge in [0.1, 0.15) is 11.4 Å². The van der Waals surface area contributed by atoms with Gasteiger partial charge in [-0.25, -0.2) is 0 Å². The average Bonchev–Trinajstić information content (AvgIpc) is 3.65. The van der Waals surface area contributed by atoms with Crippen molar-refractivity contribution in [1.82, 2.24) is 30.1 Å². The monoisotopic (exact) mass is 661 g/mol. The van der Waals surface area contributed by atoms with E-state index in [1.807, 2.05) is 54.7 Å². The number of pyridine rings is 1. The largest absolute Gasteiger partial charge is 0.370 e. The van der Waals surface area contributed by atoms with Crippen LogP contribution in [0.15, 0.2) is 97.3 Å². The Morgan fingerprint density at radius 2 is 1.41 bits per heavy atom. The van der Waals surface area contributed by atoms with Crippen molar-refractivity contribution in [2.24, 2.45) is 14.1 Å². The third-order valence-electron chi connectivity index (χ3n) is 7.47. The maximum atomic E-state index is 13.1. The summed E-state index contributed by atoms with van der Waals surface area (Å²) in [7, 11) is 4.90. The molecule has 14 heteroatoms. The van der Waals surface area contributed by atoms with Gasteiger partial charge in [-0.05, 0) is 47.5 Å². The molecule has 0 atom stereocenters. The third kappa shape index (κ3) is 8.77. The van der Waals surface area contributed by atoms with Gasteiger partial charge in [-0.3, -0.25) is 29.5 Å². The topological polar surface area (TPSA) is 177 Å². The molecular formula is C35H35N9O5. The van der Waals surface area contributed by atoms with E-state index in [9.17, 15) is 24.5 Å². The molecule has 0 aliphatic carbocycles. The Kier molecular flexibility index (Phi) is 10.5. The number of amides is 3. The maximum Gasteiger partial charge on any atom is 0.274 e. The van der Waals surface area contributed by atoms with E-state index in [-0.39, 0.29) is 30.7 Å². The Morgan fingerprint density at radius 1 is 0.796 bits per heavy atom. The van der Waals surface area contributed by atoms with Gasteiger partial charge in [-0.15, -0.1) is 0 Å². The molecule has 3 aromatic heterocycles. The number of para-hydroxylation sites is 1. The number of nitrogens with zero attached hydrogens (tertiary/aromatic N) is 4. The molecule has 5 N–H and O–H groups in total. The molecule has 250 valence electrons. The van der Waals surface area contributed by atoms with E-state index in [4.69, 9.17) is 0 Å². The van der Waals surface area contributed by atoms with Crippen molar-refractivity contribution in [1.29, 1.82) is 0 Å². The van der Waals surface area contributed by atoms with E-state index in [2.05, 4.69) is 37.6 Å². The number of rotatable bonds is 13. The van der Waals surface area contributed by atoms with Gasteiger partial charge >= 0.3 is 0 Å². The van der Waals surface area contributed by atoms with Crippen molar-refractivity contribution < 1.29 is 19.3 Å². The number of benzene rings is 2. The number of aromatic nitrogens is 3. The first-order valence-corrected chi connectivity index (χ1v) is 15.2. The molecule has 49 heavy (non-hydrogen) atoms. The van der Waals surface area contributed by atoms with Gasteiger partial charge in [-0.1, -0.05) is 42.5 Å². The average molecular weight is 662 g/mol. The van der Waals surface area contributed by atoms with Crippen LogP contribution in [-0.4, -0.2) is 56.9 Å². The Hall–Kier alpha value is -6.70. The lowest BCUT2D eigenvalue weighted by Gasteiger charge is -2.09. The lowest BCUT2D eigenvalue weighted by Crippen LogP contribution is -2.34.